The number of ketones is 1. The van der Waals surface area contributed by atoms with Gasteiger partial charge in [0.1, 0.15) is 5.75 Å². The van der Waals surface area contributed by atoms with Gasteiger partial charge in [-0.3, -0.25) is 9.59 Å². The van der Waals surface area contributed by atoms with Gasteiger partial charge in [0.2, 0.25) is 5.78 Å². The summed E-state index contributed by atoms with van der Waals surface area (Å²) in [5, 5.41) is 11.6. The SMILES string of the molecule is CCCCCOc1cccc(C2C(C(=O)c3sc(C)nc3C)=C(O)C(=O)N2CCCN(C)C)c1. The molecule has 8 heteroatoms. The fourth-order valence-corrected chi connectivity index (χ4v) is 5.07. The van der Waals surface area contributed by atoms with Gasteiger partial charge in [-0.15, -0.1) is 11.3 Å². The molecule has 2 aromatic rings. The third kappa shape index (κ3) is 5.85. The van der Waals surface area contributed by atoms with Gasteiger partial charge in [0.05, 0.1) is 33.8 Å². The molecule has 1 aromatic heterocycles. The van der Waals surface area contributed by atoms with E-state index in [1.54, 1.807) is 11.8 Å². The van der Waals surface area contributed by atoms with E-state index in [0.29, 0.717) is 29.5 Å². The predicted molar refractivity (Wildman–Crippen MR) is 135 cm³/mol. The zero-order valence-electron chi connectivity index (χ0n) is 20.8. The van der Waals surface area contributed by atoms with E-state index in [0.717, 1.165) is 42.8 Å². The molecule has 1 amide bonds. The van der Waals surface area contributed by atoms with Crippen molar-refractivity contribution >= 4 is 23.0 Å². The molecule has 0 saturated heterocycles. The molecular weight excluding hydrogens is 450 g/mol. The molecule has 0 radical (unpaired) electrons. The van der Waals surface area contributed by atoms with Crippen LogP contribution in [-0.2, 0) is 4.79 Å². The van der Waals surface area contributed by atoms with E-state index in [4.69, 9.17) is 4.74 Å². The Morgan fingerprint density at radius 1 is 1.24 bits per heavy atom. The summed E-state index contributed by atoms with van der Waals surface area (Å²) in [6, 6.07) is 6.83. The normalized spacial score (nSPS) is 16.1. The van der Waals surface area contributed by atoms with Gasteiger partial charge in [0.25, 0.3) is 5.91 Å². The van der Waals surface area contributed by atoms with Gasteiger partial charge in [-0.25, -0.2) is 4.98 Å². The van der Waals surface area contributed by atoms with E-state index in [1.165, 1.54) is 11.3 Å². The van der Waals surface area contributed by atoms with Crippen LogP contribution in [0.15, 0.2) is 35.6 Å². The maximum absolute atomic E-state index is 13.6. The van der Waals surface area contributed by atoms with Gasteiger partial charge in [-0.2, -0.15) is 0 Å². The summed E-state index contributed by atoms with van der Waals surface area (Å²) in [7, 11) is 3.95. The Bertz CT molecular complexity index is 1060. The summed E-state index contributed by atoms with van der Waals surface area (Å²) in [5.41, 5.74) is 1.47. The summed E-state index contributed by atoms with van der Waals surface area (Å²) in [5.74, 6) is -0.638. The first-order valence-electron chi connectivity index (χ1n) is 11.8. The molecule has 1 unspecified atom stereocenters. The van der Waals surface area contributed by atoms with Crippen molar-refractivity contribution < 1.29 is 19.4 Å². The Morgan fingerprint density at radius 2 is 2.00 bits per heavy atom. The highest BCUT2D eigenvalue weighted by atomic mass is 32.1. The van der Waals surface area contributed by atoms with E-state index in [9.17, 15) is 14.7 Å². The maximum atomic E-state index is 13.6. The predicted octanol–water partition coefficient (Wildman–Crippen LogP) is 4.86. The monoisotopic (exact) mass is 485 g/mol. The third-order valence-corrected chi connectivity index (χ3v) is 6.92. The molecule has 0 aliphatic carbocycles. The number of aryl methyl sites for hydroxylation is 2. The number of carbonyl (C=O) groups is 2. The van der Waals surface area contributed by atoms with Crippen LogP contribution in [0.25, 0.3) is 0 Å². The van der Waals surface area contributed by atoms with Crippen molar-refractivity contribution in [1.82, 2.24) is 14.8 Å². The second-order valence-electron chi connectivity index (χ2n) is 8.92. The van der Waals surface area contributed by atoms with Gasteiger partial charge < -0.3 is 19.6 Å². The topological polar surface area (TPSA) is 83.0 Å². The maximum Gasteiger partial charge on any atom is 0.290 e. The number of Topliss-reactive ketones (excluding diaryl/α,β-unsaturated/α-hetero) is 1. The van der Waals surface area contributed by atoms with E-state index < -0.39 is 17.7 Å². The molecule has 7 nitrogen and oxygen atoms in total. The van der Waals surface area contributed by atoms with Crippen LogP contribution in [0.1, 0.15) is 64.6 Å². The van der Waals surface area contributed by atoms with Crippen LogP contribution in [0.5, 0.6) is 5.75 Å². The van der Waals surface area contributed by atoms with Crippen LogP contribution in [0, 0.1) is 13.8 Å². The first-order chi connectivity index (χ1) is 16.2. The van der Waals surface area contributed by atoms with Gasteiger partial charge in [-0.05, 0) is 65.0 Å². The first-order valence-corrected chi connectivity index (χ1v) is 12.7. The third-order valence-electron chi connectivity index (χ3n) is 5.85. The van der Waals surface area contributed by atoms with E-state index in [1.807, 2.05) is 50.2 Å². The molecule has 0 fully saturated rings. The number of nitrogens with zero attached hydrogens (tertiary/aromatic N) is 3. The van der Waals surface area contributed by atoms with Crippen LogP contribution >= 0.6 is 11.3 Å². The minimum absolute atomic E-state index is 0.115. The lowest BCUT2D eigenvalue weighted by atomic mass is 9.95. The fraction of sp³-hybridized carbons (Fsp3) is 0.500. The second-order valence-corrected chi connectivity index (χ2v) is 10.1. The highest BCUT2D eigenvalue weighted by molar-refractivity contribution is 7.14. The number of ether oxygens (including phenoxy) is 1. The van der Waals surface area contributed by atoms with Crippen LogP contribution in [0.3, 0.4) is 0 Å². The lowest BCUT2D eigenvalue weighted by Gasteiger charge is -2.27. The van der Waals surface area contributed by atoms with Crippen molar-refractivity contribution in [2.24, 2.45) is 0 Å². The van der Waals surface area contributed by atoms with Crippen molar-refractivity contribution in [3.8, 4) is 5.75 Å². The second kappa shape index (κ2) is 11.6. The van der Waals surface area contributed by atoms with Crippen LogP contribution in [0.4, 0.5) is 0 Å². The van der Waals surface area contributed by atoms with Gasteiger partial charge in [0.15, 0.2) is 5.76 Å². The molecule has 184 valence electrons. The van der Waals surface area contributed by atoms with Gasteiger partial charge in [0, 0.05) is 6.54 Å². The number of aliphatic hydroxyl groups excluding tert-OH is 1. The van der Waals surface area contributed by atoms with Gasteiger partial charge in [-0.1, -0.05) is 31.9 Å². The molecule has 3 rings (SSSR count). The van der Waals surface area contributed by atoms with Crippen molar-refractivity contribution in [1.29, 1.82) is 0 Å². The van der Waals surface area contributed by atoms with Crippen molar-refractivity contribution in [2.45, 2.75) is 52.5 Å². The summed E-state index contributed by atoms with van der Waals surface area (Å²) in [4.78, 5) is 35.2. The van der Waals surface area contributed by atoms with Crippen LogP contribution in [0.2, 0.25) is 0 Å². The van der Waals surface area contributed by atoms with Crippen molar-refractivity contribution in [3.05, 3.63) is 56.7 Å². The van der Waals surface area contributed by atoms with E-state index >= 15 is 0 Å². The number of amides is 1. The minimum atomic E-state index is -0.678. The number of hydrogen-bond acceptors (Lipinski definition) is 7. The number of benzene rings is 1. The molecule has 0 saturated carbocycles. The van der Waals surface area contributed by atoms with Gasteiger partial charge >= 0.3 is 0 Å². The lowest BCUT2D eigenvalue weighted by Crippen LogP contribution is -2.33. The molecule has 0 bridgehead atoms. The zero-order valence-corrected chi connectivity index (χ0v) is 21.6. The minimum Gasteiger partial charge on any atom is -0.503 e. The summed E-state index contributed by atoms with van der Waals surface area (Å²) in [6.07, 6.45) is 3.89. The molecular formula is C26H35N3O4S. The largest absolute Gasteiger partial charge is 0.503 e. The number of hydrogen-bond donors (Lipinski definition) is 1. The summed E-state index contributed by atoms with van der Waals surface area (Å²) in [6.45, 7) is 7.58. The molecule has 1 aromatic carbocycles. The molecule has 1 atom stereocenters. The Kier molecular flexibility index (Phi) is 8.85. The Morgan fingerprint density at radius 3 is 2.65 bits per heavy atom. The molecule has 1 aliphatic rings. The number of carbonyl (C=O) groups excluding carboxylic acids is 2. The Labute approximate surface area is 206 Å². The highest BCUT2D eigenvalue weighted by Crippen LogP contribution is 2.41. The number of aliphatic hydroxyl groups is 1. The van der Waals surface area contributed by atoms with E-state index in [2.05, 4.69) is 11.9 Å². The summed E-state index contributed by atoms with van der Waals surface area (Å²) >= 11 is 1.28. The molecule has 0 spiro atoms. The smallest absolute Gasteiger partial charge is 0.290 e. The van der Waals surface area contributed by atoms with Crippen LogP contribution in [-0.4, -0.2) is 65.4 Å². The molecule has 34 heavy (non-hydrogen) atoms. The highest BCUT2D eigenvalue weighted by Gasteiger charge is 2.44. The lowest BCUT2D eigenvalue weighted by molar-refractivity contribution is -0.129. The average Bonchev–Trinajstić information content (AvgIpc) is 3.26. The molecule has 2 heterocycles. The Hall–Kier alpha value is -2.71. The van der Waals surface area contributed by atoms with Crippen LogP contribution < -0.4 is 4.74 Å². The standard InChI is InChI=1S/C26H35N3O4S/c1-6-7-8-15-33-20-12-9-11-19(16-20)22-21(23(30)25-17(2)27-18(3)34-25)24(31)26(32)29(22)14-10-13-28(4)5/h9,11-12,16,22,31H,6-8,10,13-15H2,1-5H3. The van der Waals surface area contributed by atoms with Crippen molar-refractivity contribution in [2.75, 3.05) is 33.8 Å². The number of unbranched alkanes of at least 4 members (excludes halogenated alkanes) is 2. The zero-order chi connectivity index (χ0) is 24.8. The Balaban J connectivity index is 1.97. The van der Waals surface area contributed by atoms with E-state index in [-0.39, 0.29) is 11.4 Å². The number of rotatable bonds is 12. The fourth-order valence-electron chi connectivity index (χ4n) is 4.20. The van der Waals surface area contributed by atoms with Crippen molar-refractivity contribution in [3.63, 3.8) is 0 Å². The quantitative estimate of drug-likeness (QED) is 0.342. The summed E-state index contributed by atoms with van der Waals surface area (Å²) < 4.78 is 5.93. The number of aromatic nitrogens is 1. The average molecular weight is 486 g/mol. The molecule has 1 N–H and O–H groups in total. The number of thiazole rings is 1. The first kappa shape index (κ1) is 25.9. The molecule has 1 aliphatic heterocycles.